The van der Waals surface area contributed by atoms with Crippen LogP contribution in [0, 0.1) is 0 Å². The van der Waals surface area contributed by atoms with Crippen molar-refractivity contribution in [1.29, 1.82) is 0 Å². The summed E-state index contributed by atoms with van der Waals surface area (Å²) < 4.78 is 5.45. The molecule has 1 amide bonds. The van der Waals surface area contributed by atoms with Gasteiger partial charge in [0.05, 0.1) is 5.60 Å². The Bertz CT molecular complexity index is 402. The van der Waals surface area contributed by atoms with Crippen LogP contribution in [0.4, 0.5) is 0 Å². The molecule has 19 heavy (non-hydrogen) atoms. The highest BCUT2D eigenvalue weighted by atomic mass is 16.5. The molecule has 0 saturated carbocycles. The molecule has 0 aliphatic heterocycles. The second-order valence-electron chi connectivity index (χ2n) is 4.94. The number of ether oxygens (including phenoxy) is 1. The van der Waals surface area contributed by atoms with Gasteiger partial charge in [0.15, 0.2) is 6.61 Å². The van der Waals surface area contributed by atoms with E-state index >= 15 is 0 Å². The largest absolute Gasteiger partial charge is 0.484 e. The number of rotatable bonds is 6. The first-order valence-electron chi connectivity index (χ1n) is 6.62. The molecular weight excluding hydrogens is 242 g/mol. The van der Waals surface area contributed by atoms with Crippen molar-refractivity contribution >= 4 is 5.91 Å². The molecule has 4 heteroatoms. The van der Waals surface area contributed by atoms with Crippen LogP contribution in [0.3, 0.4) is 0 Å². The average molecular weight is 265 g/mol. The molecule has 0 saturated heterocycles. The Morgan fingerprint density at radius 2 is 1.74 bits per heavy atom. The van der Waals surface area contributed by atoms with Crippen molar-refractivity contribution in [1.82, 2.24) is 4.90 Å². The first-order chi connectivity index (χ1) is 8.88. The summed E-state index contributed by atoms with van der Waals surface area (Å²) in [4.78, 5) is 13.5. The van der Waals surface area contributed by atoms with Gasteiger partial charge in [-0.15, -0.1) is 0 Å². The van der Waals surface area contributed by atoms with E-state index in [-0.39, 0.29) is 12.5 Å². The monoisotopic (exact) mass is 265 g/mol. The smallest absolute Gasteiger partial charge is 0.260 e. The predicted octanol–water partition coefficient (Wildman–Crippen LogP) is 2.16. The summed E-state index contributed by atoms with van der Waals surface area (Å²) in [6.45, 7) is 8.77. The third-order valence-electron chi connectivity index (χ3n) is 3.04. The molecule has 0 heterocycles. The molecule has 4 nitrogen and oxygen atoms in total. The number of carbonyl (C=O) groups excluding carboxylic acids is 1. The molecule has 106 valence electrons. The Morgan fingerprint density at radius 3 is 2.16 bits per heavy atom. The molecule has 0 aliphatic rings. The van der Waals surface area contributed by atoms with Crippen molar-refractivity contribution in [3.05, 3.63) is 29.8 Å². The van der Waals surface area contributed by atoms with E-state index in [0.717, 1.165) is 5.56 Å². The summed E-state index contributed by atoms with van der Waals surface area (Å²) >= 11 is 0. The van der Waals surface area contributed by atoms with Gasteiger partial charge in [-0.3, -0.25) is 4.79 Å². The van der Waals surface area contributed by atoms with Gasteiger partial charge in [-0.1, -0.05) is 12.1 Å². The van der Waals surface area contributed by atoms with E-state index in [1.807, 2.05) is 13.8 Å². The van der Waals surface area contributed by atoms with Crippen LogP contribution in [-0.4, -0.2) is 35.6 Å². The van der Waals surface area contributed by atoms with E-state index < -0.39 is 5.60 Å². The molecule has 0 aliphatic carbocycles. The maximum atomic E-state index is 11.8. The standard InChI is InChI=1S/C15H23NO3/c1-5-16(6-2)14(17)11-19-13-9-7-12(8-10-13)15(3,4)18/h7-10,18H,5-6,11H2,1-4H3. The predicted molar refractivity (Wildman–Crippen MR) is 75.1 cm³/mol. The van der Waals surface area contributed by atoms with Gasteiger partial charge >= 0.3 is 0 Å². The zero-order valence-electron chi connectivity index (χ0n) is 12.1. The maximum Gasteiger partial charge on any atom is 0.260 e. The number of hydrogen-bond acceptors (Lipinski definition) is 3. The van der Waals surface area contributed by atoms with Crippen LogP contribution in [0.15, 0.2) is 24.3 Å². The van der Waals surface area contributed by atoms with Gasteiger partial charge in [0, 0.05) is 13.1 Å². The molecule has 0 aromatic heterocycles. The third-order valence-corrected chi connectivity index (χ3v) is 3.04. The minimum atomic E-state index is -0.866. The van der Waals surface area contributed by atoms with Gasteiger partial charge in [0.2, 0.25) is 0 Å². The summed E-state index contributed by atoms with van der Waals surface area (Å²) in [6, 6.07) is 7.14. The molecule has 0 radical (unpaired) electrons. The molecule has 0 unspecified atom stereocenters. The van der Waals surface area contributed by atoms with Crippen LogP contribution < -0.4 is 4.74 Å². The van der Waals surface area contributed by atoms with Gasteiger partial charge in [-0.25, -0.2) is 0 Å². The summed E-state index contributed by atoms with van der Waals surface area (Å²) in [6.07, 6.45) is 0. The summed E-state index contributed by atoms with van der Waals surface area (Å²) in [5.74, 6) is 0.616. The average Bonchev–Trinajstić information content (AvgIpc) is 2.37. The number of nitrogens with zero attached hydrogens (tertiary/aromatic N) is 1. The SMILES string of the molecule is CCN(CC)C(=O)COc1ccc(C(C)(C)O)cc1. The summed E-state index contributed by atoms with van der Waals surface area (Å²) in [5, 5.41) is 9.83. The highest BCUT2D eigenvalue weighted by molar-refractivity contribution is 5.77. The van der Waals surface area contributed by atoms with Gasteiger partial charge in [-0.05, 0) is 45.4 Å². The minimum Gasteiger partial charge on any atom is -0.484 e. The lowest BCUT2D eigenvalue weighted by atomic mass is 9.99. The number of amides is 1. The number of hydrogen-bond donors (Lipinski definition) is 1. The normalized spacial score (nSPS) is 11.2. The summed E-state index contributed by atoms with van der Waals surface area (Å²) in [7, 11) is 0. The fourth-order valence-corrected chi connectivity index (χ4v) is 1.77. The zero-order valence-corrected chi connectivity index (χ0v) is 12.1. The lowest BCUT2D eigenvalue weighted by molar-refractivity contribution is -0.132. The molecule has 0 spiro atoms. The van der Waals surface area contributed by atoms with Crippen LogP contribution >= 0.6 is 0 Å². The van der Waals surface area contributed by atoms with Crippen LogP contribution in [-0.2, 0) is 10.4 Å². The molecule has 1 N–H and O–H groups in total. The van der Waals surface area contributed by atoms with Crippen LogP contribution in [0.5, 0.6) is 5.75 Å². The van der Waals surface area contributed by atoms with Crippen molar-refractivity contribution in [3.63, 3.8) is 0 Å². The number of carbonyl (C=O) groups is 1. The van der Waals surface area contributed by atoms with E-state index in [2.05, 4.69) is 0 Å². The molecule has 1 aromatic rings. The summed E-state index contributed by atoms with van der Waals surface area (Å²) in [5.41, 5.74) is -0.0508. The van der Waals surface area contributed by atoms with E-state index in [1.54, 1.807) is 43.0 Å². The Kier molecular flexibility index (Phi) is 5.36. The van der Waals surface area contributed by atoms with Crippen molar-refractivity contribution in [3.8, 4) is 5.75 Å². The second kappa shape index (κ2) is 6.57. The van der Waals surface area contributed by atoms with Crippen molar-refractivity contribution in [2.45, 2.75) is 33.3 Å². The lowest BCUT2D eigenvalue weighted by Gasteiger charge is -2.19. The number of benzene rings is 1. The Labute approximate surface area is 115 Å². The minimum absolute atomic E-state index is 0.0171. The van der Waals surface area contributed by atoms with Crippen LogP contribution in [0.1, 0.15) is 33.3 Å². The quantitative estimate of drug-likeness (QED) is 0.857. The van der Waals surface area contributed by atoms with Gasteiger partial charge in [0.1, 0.15) is 5.75 Å². The van der Waals surface area contributed by atoms with Gasteiger partial charge in [-0.2, -0.15) is 0 Å². The highest BCUT2D eigenvalue weighted by Gasteiger charge is 2.15. The van der Waals surface area contributed by atoms with Crippen molar-refractivity contribution in [2.24, 2.45) is 0 Å². The van der Waals surface area contributed by atoms with Gasteiger partial charge in [0.25, 0.3) is 5.91 Å². The number of aliphatic hydroxyl groups is 1. The topological polar surface area (TPSA) is 49.8 Å². The zero-order chi connectivity index (χ0) is 14.5. The fourth-order valence-electron chi connectivity index (χ4n) is 1.77. The lowest BCUT2D eigenvalue weighted by Crippen LogP contribution is -2.34. The van der Waals surface area contributed by atoms with E-state index in [4.69, 9.17) is 4.74 Å². The Hall–Kier alpha value is -1.55. The fraction of sp³-hybridized carbons (Fsp3) is 0.533. The van der Waals surface area contributed by atoms with Gasteiger partial charge < -0.3 is 14.7 Å². The molecule has 0 bridgehead atoms. The molecule has 0 atom stereocenters. The first-order valence-corrected chi connectivity index (χ1v) is 6.62. The molecular formula is C15H23NO3. The molecule has 1 rings (SSSR count). The molecule has 0 fully saturated rings. The highest BCUT2D eigenvalue weighted by Crippen LogP contribution is 2.22. The Morgan fingerprint density at radius 1 is 1.21 bits per heavy atom. The number of likely N-dealkylation sites (N-methyl/N-ethyl adjacent to an activating group) is 1. The van der Waals surface area contributed by atoms with Crippen molar-refractivity contribution in [2.75, 3.05) is 19.7 Å². The van der Waals surface area contributed by atoms with Crippen LogP contribution in [0.25, 0.3) is 0 Å². The first kappa shape index (κ1) is 15.5. The van der Waals surface area contributed by atoms with E-state index in [0.29, 0.717) is 18.8 Å². The van der Waals surface area contributed by atoms with E-state index in [1.165, 1.54) is 0 Å². The van der Waals surface area contributed by atoms with Crippen LogP contribution in [0.2, 0.25) is 0 Å². The second-order valence-corrected chi connectivity index (χ2v) is 4.94. The Balaban J connectivity index is 2.57. The third kappa shape index (κ3) is 4.56. The van der Waals surface area contributed by atoms with E-state index in [9.17, 15) is 9.90 Å². The van der Waals surface area contributed by atoms with Crippen molar-refractivity contribution < 1.29 is 14.6 Å². The maximum absolute atomic E-state index is 11.8. The molecule has 1 aromatic carbocycles.